The zero-order valence-electron chi connectivity index (χ0n) is 12.0. The zero-order chi connectivity index (χ0) is 15.2. The molecule has 1 N–H and O–H groups in total. The molecule has 1 aromatic carbocycles. The molecule has 1 heterocycles. The Kier molecular flexibility index (Phi) is 5.16. The van der Waals surface area contributed by atoms with Gasteiger partial charge in [-0.15, -0.1) is 0 Å². The smallest absolute Gasteiger partial charge is 0.251 e. The second-order valence-corrected chi connectivity index (χ2v) is 5.68. The van der Waals surface area contributed by atoms with Crippen LogP contribution >= 0.6 is 11.8 Å². The van der Waals surface area contributed by atoms with Gasteiger partial charge in [-0.25, -0.2) is 4.98 Å². The average Bonchev–Trinajstić information content (AvgIpc) is 2.44. The molecule has 0 aliphatic rings. The fourth-order valence-corrected chi connectivity index (χ4v) is 2.67. The Bertz CT molecular complexity index is 670. The molecule has 2 aromatic rings. The molecule has 0 saturated carbocycles. The number of carbonyl (C=O) groups excluding carboxylic acids is 1. The third-order valence-corrected chi connectivity index (χ3v) is 3.73. The van der Waals surface area contributed by atoms with Crippen LogP contribution in [-0.4, -0.2) is 33.6 Å². The summed E-state index contributed by atoms with van der Waals surface area (Å²) in [6.07, 6.45) is 0. The highest BCUT2D eigenvalue weighted by atomic mass is 32.2. The van der Waals surface area contributed by atoms with Gasteiger partial charge in [0.15, 0.2) is 5.16 Å². The van der Waals surface area contributed by atoms with E-state index in [1.807, 2.05) is 30.3 Å². The molecule has 2 rings (SSSR count). The molecule has 6 heteroatoms. The minimum absolute atomic E-state index is 0.00647. The summed E-state index contributed by atoms with van der Waals surface area (Å²) in [4.78, 5) is 31.9. The lowest BCUT2D eigenvalue weighted by atomic mass is 10.2. The number of rotatable bonds is 5. The molecule has 0 radical (unpaired) electrons. The molecule has 0 aliphatic heterocycles. The molecule has 21 heavy (non-hydrogen) atoms. The summed E-state index contributed by atoms with van der Waals surface area (Å²) in [6, 6.07) is 11.2. The second kappa shape index (κ2) is 7.08. The van der Waals surface area contributed by atoms with Gasteiger partial charge in [0.2, 0.25) is 5.91 Å². The van der Waals surface area contributed by atoms with Gasteiger partial charge in [-0.1, -0.05) is 42.1 Å². The van der Waals surface area contributed by atoms with E-state index in [1.165, 1.54) is 17.8 Å². The zero-order valence-corrected chi connectivity index (χ0v) is 12.8. The molecule has 0 fully saturated rings. The van der Waals surface area contributed by atoms with Crippen LogP contribution in [0.2, 0.25) is 0 Å². The average molecular weight is 303 g/mol. The summed E-state index contributed by atoms with van der Waals surface area (Å²) < 4.78 is 0. The van der Waals surface area contributed by atoms with E-state index in [-0.39, 0.29) is 17.2 Å². The van der Waals surface area contributed by atoms with Gasteiger partial charge in [-0.05, 0) is 12.5 Å². The van der Waals surface area contributed by atoms with E-state index < -0.39 is 0 Å². The Morgan fingerprint density at radius 1 is 1.33 bits per heavy atom. The molecule has 0 aliphatic carbocycles. The SMILES string of the molecule is Cc1cc(=O)[nH]c(SCC(=O)N(C)Cc2ccccc2)n1. The standard InChI is InChI=1S/C15H17N3O2S/c1-11-8-13(19)17-15(16-11)21-10-14(20)18(2)9-12-6-4-3-5-7-12/h3-8H,9-10H2,1-2H3,(H,16,17,19). The first-order chi connectivity index (χ1) is 10.0. The summed E-state index contributed by atoms with van der Waals surface area (Å²) in [5, 5.41) is 0.474. The maximum Gasteiger partial charge on any atom is 0.251 e. The largest absolute Gasteiger partial charge is 0.341 e. The molecule has 1 amide bonds. The van der Waals surface area contributed by atoms with E-state index >= 15 is 0 Å². The van der Waals surface area contributed by atoms with Gasteiger partial charge < -0.3 is 9.88 Å². The quantitative estimate of drug-likeness (QED) is 0.676. The molecule has 5 nitrogen and oxygen atoms in total. The minimum Gasteiger partial charge on any atom is -0.341 e. The first kappa shape index (κ1) is 15.3. The molecular formula is C15H17N3O2S. The molecule has 0 bridgehead atoms. The fourth-order valence-electron chi connectivity index (χ4n) is 1.81. The number of hydrogen-bond donors (Lipinski definition) is 1. The number of hydrogen-bond acceptors (Lipinski definition) is 4. The third kappa shape index (κ3) is 4.75. The van der Waals surface area contributed by atoms with E-state index in [9.17, 15) is 9.59 Å². The maximum absolute atomic E-state index is 12.1. The lowest BCUT2D eigenvalue weighted by Gasteiger charge is -2.16. The first-order valence-corrected chi connectivity index (χ1v) is 7.52. The predicted molar refractivity (Wildman–Crippen MR) is 83.2 cm³/mol. The van der Waals surface area contributed by atoms with Gasteiger partial charge in [0.25, 0.3) is 5.56 Å². The van der Waals surface area contributed by atoms with Gasteiger partial charge in [0, 0.05) is 25.4 Å². The van der Waals surface area contributed by atoms with Crippen LogP contribution in [0.1, 0.15) is 11.3 Å². The summed E-state index contributed by atoms with van der Waals surface area (Å²) in [7, 11) is 1.77. The highest BCUT2D eigenvalue weighted by Gasteiger charge is 2.11. The van der Waals surface area contributed by atoms with Gasteiger partial charge in [-0.3, -0.25) is 9.59 Å². The van der Waals surface area contributed by atoms with Crippen molar-refractivity contribution in [3.05, 3.63) is 58.0 Å². The minimum atomic E-state index is -0.199. The molecule has 0 spiro atoms. The van der Waals surface area contributed by atoms with Crippen LogP contribution in [0.3, 0.4) is 0 Å². The van der Waals surface area contributed by atoms with Crippen LogP contribution in [0.4, 0.5) is 0 Å². The van der Waals surface area contributed by atoms with Crippen molar-refractivity contribution >= 4 is 17.7 Å². The number of amides is 1. The van der Waals surface area contributed by atoms with E-state index in [1.54, 1.807) is 18.9 Å². The molecular weight excluding hydrogens is 286 g/mol. The van der Waals surface area contributed by atoms with Crippen molar-refractivity contribution < 1.29 is 4.79 Å². The summed E-state index contributed by atoms with van der Waals surface area (Å²) >= 11 is 1.24. The molecule has 0 saturated heterocycles. The van der Waals surface area contributed by atoms with Crippen LogP contribution in [0.25, 0.3) is 0 Å². The highest BCUT2D eigenvalue weighted by Crippen LogP contribution is 2.12. The van der Waals surface area contributed by atoms with Gasteiger partial charge in [0.1, 0.15) is 0 Å². The van der Waals surface area contributed by atoms with Crippen LogP contribution in [0.15, 0.2) is 46.3 Å². The van der Waals surface area contributed by atoms with Crippen LogP contribution in [0, 0.1) is 6.92 Å². The molecule has 1 aromatic heterocycles. The second-order valence-electron chi connectivity index (χ2n) is 4.72. The van der Waals surface area contributed by atoms with Crippen LogP contribution in [-0.2, 0) is 11.3 Å². The summed E-state index contributed by atoms with van der Waals surface area (Å²) in [6.45, 7) is 2.32. The van der Waals surface area contributed by atoms with Gasteiger partial charge in [-0.2, -0.15) is 0 Å². The first-order valence-electron chi connectivity index (χ1n) is 6.53. The summed E-state index contributed by atoms with van der Waals surface area (Å²) in [5.74, 6) is 0.239. The number of aromatic amines is 1. The number of benzene rings is 1. The van der Waals surface area contributed by atoms with Crippen molar-refractivity contribution in [2.45, 2.75) is 18.6 Å². The molecule has 0 unspecified atom stereocenters. The van der Waals surface area contributed by atoms with Crippen LogP contribution in [0.5, 0.6) is 0 Å². The van der Waals surface area contributed by atoms with Gasteiger partial charge in [0.05, 0.1) is 5.75 Å². The number of H-pyrrole nitrogens is 1. The monoisotopic (exact) mass is 303 g/mol. The Labute approximate surface area is 127 Å². The molecule has 110 valence electrons. The Hall–Kier alpha value is -2.08. The Balaban J connectivity index is 1.90. The lowest BCUT2D eigenvalue weighted by Crippen LogP contribution is -2.28. The number of nitrogens with one attached hydrogen (secondary N) is 1. The number of carbonyl (C=O) groups is 1. The van der Waals surface area contributed by atoms with E-state index in [0.717, 1.165) is 5.56 Å². The van der Waals surface area contributed by atoms with Crippen molar-refractivity contribution in [1.82, 2.24) is 14.9 Å². The maximum atomic E-state index is 12.1. The van der Waals surface area contributed by atoms with Crippen molar-refractivity contribution in [2.24, 2.45) is 0 Å². The van der Waals surface area contributed by atoms with E-state index in [0.29, 0.717) is 17.4 Å². The number of aromatic nitrogens is 2. The Morgan fingerprint density at radius 3 is 2.71 bits per heavy atom. The summed E-state index contributed by atoms with van der Waals surface area (Å²) in [5.41, 5.74) is 1.53. The Morgan fingerprint density at radius 2 is 2.05 bits per heavy atom. The topological polar surface area (TPSA) is 66.1 Å². The van der Waals surface area contributed by atoms with Crippen molar-refractivity contribution in [2.75, 3.05) is 12.8 Å². The van der Waals surface area contributed by atoms with E-state index in [2.05, 4.69) is 9.97 Å². The van der Waals surface area contributed by atoms with Crippen LogP contribution < -0.4 is 5.56 Å². The number of thioether (sulfide) groups is 1. The normalized spacial score (nSPS) is 10.4. The van der Waals surface area contributed by atoms with Gasteiger partial charge >= 0.3 is 0 Å². The number of aryl methyl sites for hydroxylation is 1. The fraction of sp³-hybridized carbons (Fsp3) is 0.267. The third-order valence-electron chi connectivity index (χ3n) is 2.87. The van der Waals surface area contributed by atoms with Crippen molar-refractivity contribution in [3.63, 3.8) is 0 Å². The van der Waals surface area contributed by atoms with Crippen molar-refractivity contribution in [1.29, 1.82) is 0 Å². The number of nitrogens with zero attached hydrogens (tertiary/aromatic N) is 2. The molecule has 0 atom stereocenters. The lowest BCUT2D eigenvalue weighted by molar-refractivity contribution is -0.127. The highest BCUT2D eigenvalue weighted by molar-refractivity contribution is 7.99. The predicted octanol–water partition coefficient (Wildman–Crippen LogP) is 1.83. The van der Waals surface area contributed by atoms with Crippen molar-refractivity contribution in [3.8, 4) is 0 Å². The van der Waals surface area contributed by atoms with E-state index in [4.69, 9.17) is 0 Å².